The molecule has 1 spiro atoms. The highest BCUT2D eigenvalue weighted by Gasteiger charge is 2.50. The highest BCUT2D eigenvalue weighted by molar-refractivity contribution is 9.10. The Morgan fingerprint density at radius 3 is 2.64 bits per heavy atom. The van der Waals surface area contributed by atoms with Crippen LogP contribution in [0.3, 0.4) is 0 Å². The van der Waals surface area contributed by atoms with Crippen molar-refractivity contribution in [3.05, 3.63) is 46.1 Å². The summed E-state index contributed by atoms with van der Waals surface area (Å²) in [6.07, 6.45) is 5.12. The van der Waals surface area contributed by atoms with Crippen LogP contribution >= 0.6 is 15.9 Å². The van der Waals surface area contributed by atoms with Crippen molar-refractivity contribution < 1.29 is 4.74 Å². The molecule has 1 fully saturated rings. The summed E-state index contributed by atoms with van der Waals surface area (Å²) in [5, 5.41) is 0. The van der Waals surface area contributed by atoms with Crippen LogP contribution in [0.25, 0.3) is 0 Å². The Bertz CT molecular complexity index is 567. The fraction of sp³-hybridized carbons (Fsp3) is 0.600. The first-order valence-corrected chi connectivity index (χ1v) is 9.34. The number of hydrogen-bond donors (Lipinski definition) is 0. The zero-order chi connectivity index (χ0) is 15.9. The summed E-state index contributed by atoms with van der Waals surface area (Å²) in [6, 6.07) is 6.77. The van der Waals surface area contributed by atoms with Crippen molar-refractivity contribution in [1.82, 2.24) is 0 Å². The van der Waals surface area contributed by atoms with Crippen molar-refractivity contribution in [3.8, 4) is 0 Å². The van der Waals surface area contributed by atoms with Gasteiger partial charge in [-0.3, -0.25) is 0 Å². The van der Waals surface area contributed by atoms with E-state index in [1.807, 2.05) is 0 Å². The van der Waals surface area contributed by atoms with Crippen LogP contribution < -0.4 is 0 Å². The Balaban J connectivity index is 2.05. The van der Waals surface area contributed by atoms with E-state index in [-0.39, 0.29) is 0 Å². The predicted octanol–water partition coefficient (Wildman–Crippen LogP) is 6.08. The first kappa shape index (κ1) is 16.1. The van der Waals surface area contributed by atoms with Crippen LogP contribution in [0, 0.1) is 17.3 Å². The van der Waals surface area contributed by atoms with E-state index in [9.17, 15) is 0 Å². The molecule has 1 aromatic carbocycles. The van der Waals surface area contributed by atoms with Gasteiger partial charge < -0.3 is 4.74 Å². The monoisotopic (exact) mass is 362 g/mol. The summed E-state index contributed by atoms with van der Waals surface area (Å²) < 4.78 is 7.07. The van der Waals surface area contributed by atoms with Crippen molar-refractivity contribution in [2.24, 2.45) is 17.3 Å². The van der Waals surface area contributed by atoms with Gasteiger partial charge in [0.2, 0.25) is 0 Å². The van der Waals surface area contributed by atoms with Crippen molar-refractivity contribution in [2.75, 3.05) is 6.61 Å². The van der Waals surface area contributed by atoms with Crippen LogP contribution in [-0.4, -0.2) is 6.61 Å². The van der Waals surface area contributed by atoms with Gasteiger partial charge in [0.05, 0.1) is 12.4 Å². The highest BCUT2D eigenvalue weighted by Crippen LogP contribution is 2.60. The molecule has 1 saturated carbocycles. The molecular weight excluding hydrogens is 336 g/mol. The van der Waals surface area contributed by atoms with Gasteiger partial charge in [0.25, 0.3) is 0 Å². The second-order valence-corrected chi connectivity index (χ2v) is 8.48. The number of benzene rings is 1. The number of fused-ring (bicyclic) bond motifs is 1. The summed E-state index contributed by atoms with van der Waals surface area (Å²) in [5.74, 6) is 2.91. The maximum atomic E-state index is 5.91. The maximum Gasteiger partial charge on any atom is 0.0968 e. The van der Waals surface area contributed by atoms with E-state index >= 15 is 0 Å². The van der Waals surface area contributed by atoms with Crippen LogP contribution in [0.2, 0.25) is 0 Å². The number of ether oxygens (including phenoxy) is 1. The van der Waals surface area contributed by atoms with Crippen molar-refractivity contribution in [1.29, 1.82) is 0 Å². The molecule has 0 N–H and O–H groups in total. The molecule has 22 heavy (non-hydrogen) atoms. The summed E-state index contributed by atoms with van der Waals surface area (Å²) in [6.45, 7) is 11.9. The van der Waals surface area contributed by atoms with Crippen LogP contribution in [-0.2, 0) is 11.2 Å². The molecule has 0 saturated heterocycles. The first-order valence-electron chi connectivity index (χ1n) is 8.55. The molecule has 3 rings (SSSR count). The molecule has 1 nitrogen and oxygen atoms in total. The van der Waals surface area contributed by atoms with E-state index in [1.54, 1.807) is 0 Å². The number of allylic oxidation sites excluding steroid dienone is 1. The molecule has 0 aliphatic heterocycles. The standard InChI is InChI=1S/C20H27BrO/c1-5-22-15(4)19-18-9-17(21)7-6-16(18)12-20(19)10-13(2)8-14(3)11-20/h6-7,9,13-14,19H,4-5,8,10-12H2,1-3H3. The van der Waals surface area contributed by atoms with Crippen LogP contribution in [0.1, 0.15) is 57.1 Å². The Morgan fingerprint density at radius 1 is 1.32 bits per heavy atom. The fourth-order valence-corrected chi connectivity index (χ4v) is 5.67. The fourth-order valence-electron chi connectivity index (χ4n) is 5.30. The number of hydrogen-bond acceptors (Lipinski definition) is 1. The van der Waals surface area contributed by atoms with Gasteiger partial charge in [-0.15, -0.1) is 0 Å². The third-order valence-corrected chi connectivity index (χ3v) is 6.03. The molecule has 120 valence electrons. The number of halogens is 1. The lowest BCUT2D eigenvalue weighted by molar-refractivity contribution is 0.0697. The molecule has 3 unspecified atom stereocenters. The molecule has 3 atom stereocenters. The predicted molar refractivity (Wildman–Crippen MR) is 96.0 cm³/mol. The molecule has 2 aliphatic carbocycles. The Labute approximate surface area is 143 Å². The molecule has 0 radical (unpaired) electrons. The molecule has 0 heterocycles. The van der Waals surface area contributed by atoms with E-state index in [4.69, 9.17) is 4.74 Å². The van der Waals surface area contributed by atoms with Crippen LogP contribution in [0.5, 0.6) is 0 Å². The summed E-state index contributed by atoms with van der Waals surface area (Å²) in [4.78, 5) is 0. The minimum atomic E-state index is 0.312. The van der Waals surface area contributed by atoms with E-state index in [0.29, 0.717) is 17.9 Å². The molecule has 0 aromatic heterocycles. The maximum absolute atomic E-state index is 5.91. The van der Waals surface area contributed by atoms with Gasteiger partial charge in [0, 0.05) is 10.4 Å². The quantitative estimate of drug-likeness (QED) is 0.591. The molecular formula is C20H27BrO. The summed E-state index contributed by atoms with van der Waals surface area (Å²) in [5.41, 5.74) is 3.25. The van der Waals surface area contributed by atoms with Crippen LogP contribution in [0.15, 0.2) is 35.0 Å². The van der Waals surface area contributed by atoms with Crippen molar-refractivity contribution in [3.63, 3.8) is 0 Å². The molecule has 0 bridgehead atoms. The lowest BCUT2D eigenvalue weighted by Crippen LogP contribution is -2.36. The molecule has 1 aromatic rings. The zero-order valence-corrected chi connectivity index (χ0v) is 15.6. The minimum Gasteiger partial charge on any atom is -0.498 e. The Kier molecular flexibility index (Phi) is 4.42. The first-order chi connectivity index (χ1) is 10.4. The molecule has 2 aliphatic rings. The second-order valence-electron chi connectivity index (χ2n) is 7.57. The van der Waals surface area contributed by atoms with Crippen LogP contribution in [0.4, 0.5) is 0 Å². The van der Waals surface area contributed by atoms with E-state index in [0.717, 1.165) is 22.1 Å². The van der Waals surface area contributed by atoms with Gasteiger partial charge in [-0.2, -0.15) is 0 Å². The Hall–Kier alpha value is -0.760. The lowest BCUT2D eigenvalue weighted by atomic mass is 9.60. The molecule has 0 amide bonds. The molecule has 2 heteroatoms. The van der Waals surface area contributed by atoms with Gasteiger partial charge >= 0.3 is 0 Å². The normalized spacial score (nSPS) is 33.7. The van der Waals surface area contributed by atoms with E-state index in [1.165, 1.54) is 36.8 Å². The van der Waals surface area contributed by atoms with Gasteiger partial charge in [0.15, 0.2) is 0 Å². The highest BCUT2D eigenvalue weighted by atomic mass is 79.9. The topological polar surface area (TPSA) is 9.23 Å². The lowest BCUT2D eigenvalue weighted by Gasteiger charge is -2.45. The van der Waals surface area contributed by atoms with Gasteiger partial charge in [0.1, 0.15) is 0 Å². The summed E-state index contributed by atoms with van der Waals surface area (Å²) >= 11 is 3.65. The largest absolute Gasteiger partial charge is 0.498 e. The van der Waals surface area contributed by atoms with Gasteiger partial charge in [-0.05, 0) is 73.1 Å². The average molecular weight is 363 g/mol. The third-order valence-electron chi connectivity index (χ3n) is 5.54. The zero-order valence-electron chi connectivity index (χ0n) is 14.0. The Morgan fingerprint density at radius 2 is 2.00 bits per heavy atom. The second kappa shape index (κ2) is 6.03. The van der Waals surface area contributed by atoms with Gasteiger partial charge in [-0.1, -0.05) is 42.4 Å². The summed E-state index contributed by atoms with van der Waals surface area (Å²) in [7, 11) is 0. The average Bonchev–Trinajstić information content (AvgIpc) is 2.69. The van der Waals surface area contributed by atoms with E-state index in [2.05, 4.69) is 61.5 Å². The number of rotatable bonds is 3. The minimum absolute atomic E-state index is 0.312. The third kappa shape index (κ3) is 2.75. The SMILES string of the molecule is C=C(OCC)C1c2cc(Br)ccc2CC12CC(C)CC(C)C2. The van der Waals surface area contributed by atoms with E-state index < -0.39 is 0 Å². The van der Waals surface area contributed by atoms with Crippen molar-refractivity contribution >= 4 is 15.9 Å². The van der Waals surface area contributed by atoms with Crippen molar-refractivity contribution in [2.45, 2.75) is 52.4 Å². The van der Waals surface area contributed by atoms with Gasteiger partial charge in [-0.25, -0.2) is 0 Å². The smallest absolute Gasteiger partial charge is 0.0968 e.